The van der Waals surface area contributed by atoms with Crippen LogP contribution in [0.4, 0.5) is 0 Å². The summed E-state index contributed by atoms with van der Waals surface area (Å²) in [7, 11) is 2.18. The fraction of sp³-hybridized carbons (Fsp3) is 0.750. The van der Waals surface area contributed by atoms with Crippen molar-refractivity contribution in [2.75, 3.05) is 46.3 Å². The van der Waals surface area contributed by atoms with Crippen molar-refractivity contribution in [2.24, 2.45) is 4.99 Å². The normalized spacial score (nSPS) is 17.6. The summed E-state index contributed by atoms with van der Waals surface area (Å²) < 4.78 is 5.69. The van der Waals surface area contributed by atoms with Crippen molar-refractivity contribution in [1.82, 2.24) is 20.4 Å². The number of furan rings is 1. The molecule has 1 saturated heterocycles. The molecule has 6 nitrogen and oxygen atoms in total. The van der Waals surface area contributed by atoms with Gasteiger partial charge < -0.3 is 20.0 Å². The van der Waals surface area contributed by atoms with Crippen LogP contribution in [0.15, 0.2) is 27.8 Å². The lowest BCUT2D eigenvalue weighted by molar-refractivity contribution is 0.221. The Morgan fingerprint density at radius 2 is 2.04 bits per heavy atom. The van der Waals surface area contributed by atoms with E-state index in [1.54, 1.807) is 6.26 Å². The molecule has 1 aliphatic heterocycles. The van der Waals surface area contributed by atoms with Gasteiger partial charge in [-0.1, -0.05) is 6.92 Å². The smallest absolute Gasteiger partial charge is 0.191 e. The minimum Gasteiger partial charge on any atom is -0.468 e. The van der Waals surface area contributed by atoms with Crippen LogP contribution in [0.25, 0.3) is 0 Å². The fourth-order valence-electron chi connectivity index (χ4n) is 3.32. The van der Waals surface area contributed by atoms with Crippen molar-refractivity contribution in [3.63, 3.8) is 0 Å². The summed E-state index contributed by atoms with van der Waals surface area (Å²) >= 11 is 0. The standard InChI is InChI=1S/C20H37N5O.HI/c1-5-17(3)24(4)14-11-22-20(21-6-2)23-16-18(19-10-9-15-26-19)25-12-7-8-13-25;/h9-10,15,17-18H,5-8,11-14,16H2,1-4H3,(H2,21,22,23);1H. The second-order valence-electron chi connectivity index (χ2n) is 7.16. The molecule has 27 heavy (non-hydrogen) atoms. The van der Waals surface area contributed by atoms with E-state index in [0.29, 0.717) is 12.6 Å². The number of rotatable bonds is 10. The van der Waals surface area contributed by atoms with Crippen molar-refractivity contribution in [3.05, 3.63) is 24.2 Å². The van der Waals surface area contributed by atoms with Gasteiger partial charge in [0.05, 0.1) is 18.8 Å². The summed E-state index contributed by atoms with van der Waals surface area (Å²) in [5, 5.41) is 6.83. The monoisotopic (exact) mass is 491 g/mol. The van der Waals surface area contributed by atoms with Crippen LogP contribution in [0.2, 0.25) is 0 Å². The summed E-state index contributed by atoms with van der Waals surface area (Å²) in [5.41, 5.74) is 0. The van der Waals surface area contributed by atoms with Crippen LogP contribution in [0.5, 0.6) is 0 Å². The number of likely N-dealkylation sites (tertiary alicyclic amines) is 1. The van der Waals surface area contributed by atoms with Crippen LogP contribution in [0.3, 0.4) is 0 Å². The minimum atomic E-state index is 0. The van der Waals surface area contributed by atoms with Gasteiger partial charge in [0, 0.05) is 25.7 Å². The molecule has 2 heterocycles. The van der Waals surface area contributed by atoms with E-state index in [-0.39, 0.29) is 30.0 Å². The topological polar surface area (TPSA) is 56.0 Å². The third kappa shape index (κ3) is 7.99. The number of halogens is 1. The Morgan fingerprint density at radius 1 is 1.30 bits per heavy atom. The molecule has 0 saturated carbocycles. The quantitative estimate of drug-likeness (QED) is 0.299. The van der Waals surface area contributed by atoms with Crippen molar-refractivity contribution < 1.29 is 4.42 Å². The van der Waals surface area contributed by atoms with Crippen LogP contribution < -0.4 is 10.6 Å². The maximum atomic E-state index is 5.69. The first-order valence-corrected chi connectivity index (χ1v) is 10.2. The molecule has 0 amide bonds. The molecule has 1 fully saturated rings. The first kappa shape index (κ1) is 24.2. The van der Waals surface area contributed by atoms with Crippen molar-refractivity contribution in [1.29, 1.82) is 0 Å². The van der Waals surface area contributed by atoms with Crippen LogP contribution in [0, 0.1) is 0 Å². The maximum absolute atomic E-state index is 5.69. The molecule has 0 bridgehead atoms. The van der Waals surface area contributed by atoms with Gasteiger partial charge in [-0.05, 0) is 65.4 Å². The molecule has 2 unspecified atom stereocenters. The largest absolute Gasteiger partial charge is 0.468 e. The molecule has 2 N–H and O–H groups in total. The van der Waals surface area contributed by atoms with Crippen molar-refractivity contribution in [2.45, 2.75) is 52.1 Å². The SMILES string of the molecule is CCNC(=NCC(c1ccco1)N1CCCC1)NCCN(C)C(C)CC.I. The molecule has 2 rings (SSSR count). The summed E-state index contributed by atoms with van der Waals surface area (Å²) in [6.07, 6.45) is 5.46. The zero-order valence-electron chi connectivity index (χ0n) is 17.4. The van der Waals surface area contributed by atoms with Gasteiger partial charge in [0.1, 0.15) is 5.76 Å². The van der Waals surface area contributed by atoms with E-state index < -0.39 is 0 Å². The number of hydrogen-bond donors (Lipinski definition) is 2. The number of aliphatic imine (C=N–C) groups is 1. The predicted octanol–water partition coefficient (Wildman–Crippen LogP) is 3.32. The summed E-state index contributed by atoms with van der Waals surface area (Å²) in [6, 6.07) is 4.87. The van der Waals surface area contributed by atoms with E-state index in [4.69, 9.17) is 9.41 Å². The van der Waals surface area contributed by atoms with Crippen molar-refractivity contribution in [3.8, 4) is 0 Å². The van der Waals surface area contributed by atoms with E-state index >= 15 is 0 Å². The first-order chi connectivity index (χ1) is 12.7. The Morgan fingerprint density at radius 3 is 2.63 bits per heavy atom. The molecule has 0 aromatic carbocycles. The van der Waals surface area contributed by atoms with Gasteiger partial charge in [-0.2, -0.15) is 0 Å². The second-order valence-corrected chi connectivity index (χ2v) is 7.16. The van der Waals surface area contributed by atoms with Gasteiger partial charge in [0.15, 0.2) is 5.96 Å². The van der Waals surface area contributed by atoms with Gasteiger partial charge >= 0.3 is 0 Å². The average molecular weight is 491 g/mol. The summed E-state index contributed by atoms with van der Waals surface area (Å²) in [5.74, 6) is 1.91. The van der Waals surface area contributed by atoms with Gasteiger partial charge in [0.25, 0.3) is 0 Å². The van der Waals surface area contributed by atoms with E-state index in [1.807, 2.05) is 6.07 Å². The Kier molecular flexibility index (Phi) is 12.0. The Balaban J connectivity index is 0.00000364. The molecule has 0 spiro atoms. The van der Waals surface area contributed by atoms with E-state index in [2.05, 4.69) is 54.3 Å². The predicted molar refractivity (Wildman–Crippen MR) is 124 cm³/mol. The highest BCUT2D eigenvalue weighted by atomic mass is 127. The first-order valence-electron chi connectivity index (χ1n) is 10.2. The molecular formula is C20H38IN5O. The lowest BCUT2D eigenvalue weighted by atomic mass is 10.2. The lowest BCUT2D eigenvalue weighted by Crippen LogP contribution is -2.42. The lowest BCUT2D eigenvalue weighted by Gasteiger charge is -2.25. The molecule has 156 valence electrons. The maximum Gasteiger partial charge on any atom is 0.191 e. The van der Waals surface area contributed by atoms with Gasteiger partial charge in [-0.25, -0.2) is 0 Å². The third-order valence-electron chi connectivity index (χ3n) is 5.32. The highest BCUT2D eigenvalue weighted by molar-refractivity contribution is 14.0. The highest BCUT2D eigenvalue weighted by Gasteiger charge is 2.25. The van der Waals surface area contributed by atoms with Crippen LogP contribution >= 0.6 is 24.0 Å². The molecular weight excluding hydrogens is 453 g/mol. The number of hydrogen-bond acceptors (Lipinski definition) is 4. The van der Waals surface area contributed by atoms with Crippen LogP contribution in [-0.2, 0) is 0 Å². The molecule has 7 heteroatoms. The van der Waals surface area contributed by atoms with E-state index in [9.17, 15) is 0 Å². The van der Waals surface area contributed by atoms with Gasteiger partial charge in [-0.3, -0.25) is 9.89 Å². The molecule has 1 aromatic heterocycles. The minimum absolute atomic E-state index is 0. The fourth-order valence-corrected chi connectivity index (χ4v) is 3.32. The van der Waals surface area contributed by atoms with Gasteiger partial charge in [0.2, 0.25) is 0 Å². The van der Waals surface area contributed by atoms with Crippen LogP contribution in [-0.4, -0.2) is 68.1 Å². The molecule has 1 aromatic rings. The Labute approximate surface area is 182 Å². The van der Waals surface area contributed by atoms with E-state index in [0.717, 1.165) is 44.4 Å². The number of nitrogens with one attached hydrogen (secondary N) is 2. The summed E-state index contributed by atoms with van der Waals surface area (Å²) in [4.78, 5) is 9.72. The summed E-state index contributed by atoms with van der Waals surface area (Å²) in [6.45, 7) is 12.3. The number of nitrogens with zero attached hydrogens (tertiary/aromatic N) is 3. The Hall–Kier alpha value is -0.800. The molecule has 0 radical (unpaired) electrons. The van der Waals surface area contributed by atoms with Crippen LogP contribution in [0.1, 0.15) is 51.8 Å². The number of likely N-dealkylation sites (N-methyl/N-ethyl adjacent to an activating group) is 1. The third-order valence-corrected chi connectivity index (χ3v) is 5.32. The zero-order valence-corrected chi connectivity index (χ0v) is 19.7. The molecule has 2 atom stereocenters. The molecule has 1 aliphatic rings. The molecule has 0 aliphatic carbocycles. The average Bonchev–Trinajstić information content (AvgIpc) is 3.35. The van der Waals surface area contributed by atoms with Gasteiger partial charge in [-0.15, -0.1) is 24.0 Å². The van der Waals surface area contributed by atoms with E-state index in [1.165, 1.54) is 19.3 Å². The Bertz CT molecular complexity index is 516. The zero-order chi connectivity index (χ0) is 18.8. The number of guanidine groups is 1. The van der Waals surface area contributed by atoms with Crippen molar-refractivity contribution >= 4 is 29.9 Å². The highest BCUT2D eigenvalue weighted by Crippen LogP contribution is 2.25. The second kappa shape index (κ2) is 13.4.